The first-order chi connectivity index (χ1) is 16.4. The van der Waals surface area contributed by atoms with Gasteiger partial charge in [-0.25, -0.2) is 0 Å². The highest BCUT2D eigenvalue weighted by Gasteiger charge is 2.34. The number of anilines is 3. The Morgan fingerprint density at radius 3 is 2.57 bits per heavy atom. The number of halogens is 4. The lowest BCUT2D eigenvalue weighted by Gasteiger charge is -2.37. The predicted molar refractivity (Wildman–Crippen MR) is 133 cm³/mol. The molecule has 1 heterocycles. The number of ether oxygens (including phenoxy) is 1. The molecular formula is C22H26ClF3N5O3P. The van der Waals surface area contributed by atoms with Gasteiger partial charge in [-0.3, -0.25) is 15.4 Å². The second kappa shape index (κ2) is 10.9. The molecule has 8 nitrogen and oxygen atoms in total. The van der Waals surface area contributed by atoms with Crippen molar-refractivity contribution in [2.24, 2.45) is 0 Å². The molecule has 190 valence electrons. The number of nitrogens with one attached hydrogen (secondary N) is 5. The Labute approximate surface area is 206 Å². The van der Waals surface area contributed by atoms with Crippen molar-refractivity contribution in [1.82, 2.24) is 10.6 Å². The average molecular weight is 532 g/mol. The van der Waals surface area contributed by atoms with Gasteiger partial charge in [-0.05, 0) is 49.7 Å². The molecule has 1 saturated heterocycles. The molecule has 0 radical (unpaired) electrons. The first-order valence-corrected chi connectivity index (χ1v) is 13.5. The average Bonchev–Trinajstić information content (AvgIpc) is 2.76. The van der Waals surface area contributed by atoms with Crippen molar-refractivity contribution >= 4 is 47.0 Å². The van der Waals surface area contributed by atoms with E-state index < -0.39 is 43.0 Å². The summed E-state index contributed by atoms with van der Waals surface area (Å²) in [6, 6.07) is 10.8. The smallest absolute Gasteiger partial charge is 0.404 e. The molecule has 13 heteroatoms. The van der Waals surface area contributed by atoms with E-state index in [1.54, 1.807) is 37.6 Å². The molecule has 2 aromatic rings. The van der Waals surface area contributed by atoms with Crippen molar-refractivity contribution in [3.8, 4) is 5.75 Å². The van der Waals surface area contributed by atoms with Crippen LogP contribution in [0.2, 0.25) is 0 Å². The van der Waals surface area contributed by atoms with Crippen LogP contribution >= 0.6 is 18.7 Å². The minimum absolute atomic E-state index is 0.0343. The molecule has 0 saturated carbocycles. The third-order valence-electron chi connectivity index (χ3n) is 4.98. The van der Waals surface area contributed by atoms with E-state index in [-0.39, 0.29) is 11.4 Å². The van der Waals surface area contributed by atoms with E-state index in [1.165, 1.54) is 12.1 Å². The molecule has 1 aliphatic heterocycles. The van der Waals surface area contributed by atoms with Gasteiger partial charge in [0.25, 0.3) is 0 Å². The molecule has 1 amide bonds. The predicted octanol–water partition coefficient (Wildman–Crippen LogP) is 3.89. The quantitative estimate of drug-likeness (QED) is 0.200. The summed E-state index contributed by atoms with van der Waals surface area (Å²) >= 11 is 6.47. The van der Waals surface area contributed by atoms with Crippen molar-refractivity contribution < 1.29 is 27.3 Å². The lowest BCUT2D eigenvalue weighted by Crippen LogP contribution is -2.64. The molecule has 0 spiro atoms. The zero-order valence-corrected chi connectivity index (χ0v) is 20.6. The normalized spacial score (nSPS) is 20.6. The van der Waals surface area contributed by atoms with E-state index in [4.69, 9.17) is 11.6 Å². The highest BCUT2D eigenvalue weighted by Crippen LogP contribution is 2.38. The standard InChI is InChI=1S/C22H26ClF3N5O3P/c1-4-19(32)28-13-9-10-17(34-22(24,25)26)16(11-13)30-21-27-12-14(23)20(31-21)29-15-7-5-6-8-18(15)35(2,3)33/h4-11,14,20-21,27,29-31H,1,12H2,2-3H3,(H,28,32). The summed E-state index contributed by atoms with van der Waals surface area (Å²) in [5.41, 5.74) is 0.844. The summed E-state index contributed by atoms with van der Waals surface area (Å²) in [6.45, 7) is 6.97. The van der Waals surface area contributed by atoms with Crippen LogP contribution in [-0.4, -0.2) is 50.0 Å². The van der Waals surface area contributed by atoms with E-state index in [0.717, 1.165) is 12.1 Å². The summed E-state index contributed by atoms with van der Waals surface area (Å²) in [4.78, 5) is 11.6. The highest BCUT2D eigenvalue weighted by molar-refractivity contribution is 7.70. The van der Waals surface area contributed by atoms with Crippen LogP contribution in [0, 0.1) is 0 Å². The minimum Gasteiger partial charge on any atom is -0.404 e. The molecule has 1 fully saturated rings. The molecule has 3 unspecified atom stereocenters. The molecule has 1 aliphatic rings. The number of para-hydroxylation sites is 1. The fourth-order valence-corrected chi connectivity index (χ4v) is 4.82. The van der Waals surface area contributed by atoms with Crippen LogP contribution in [0.4, 0.5) is 30.2 Å². The van der Waals surface area contributed by atoms with Gasteiger partial charge in [-0.15, -0.1) is 24.8 Å². The van der Waals surface area contributed by atoms with E-state index in [2.05, 4.69) is 37.9 Å². The molecule has 3 atom stereocenters. The number of alkyl halides is 4. The summed E-state index contributed by atoms with van der Waals surface area (Å²) in [5.74, 6) is -1.01. The minimum atomic E-state index is -4.92. The Morgan fingerprint density at radius 1 is 1.20 bits per heavy atom. The lowest BCUT2D eigenvalue weighted by atomic mass is 10.2. The summed E-state index contributed by atoms with van der Waals surface area (Å²) in [5, 5.41) is 15.0. The van der Waals surface area contributed by atoms with Gasteiger partial charge in [0.05, 0.1) is 17.2 Å². The molecule has 0 bridgehead atoms. The monoisotopic (exact) mass is 531 g/mol. The van der Waals surface area contributed by atoms with E-state index in [9.17, 15) is 22.5 Å². The Bertz CT molecular complexity index is 1130. The van der Waals surface area contributed by atoms with Crippen LogP contribution in [-0.2, 0) is 9.36 Å². The van der Waals surface area contributed by atoms with Gasteiger partial charge in [0.1, 0.15) is 13.4 Å². The number of carbonyl (C=O) groups excluding carboxylic acids is 1. The van der Waals surface area contributed by atoms with Crippen molar-refractivity contribution in [3.05, 3.63) is 55.1 Å². The molecule has 5 N–H and O–H groups in total. The van der Waals surface area contributed by atoms with Crippen molar-refractivity contribution in [2.75, 3.05) is 35.8 Å². The Balaban J connectivity index is 1.82. The number of benzene rings is 2. The maximum atomic E-state index is 12.9. The van der Waals surface area contributed by atoms with E-state index in [1.807, 2.05) is 0 Å². The van der Waals surface area contributed by atoms with Gasteiger partial charge in [0.2, 0.25) is 5.91 Å². The van der Waals surface area contributed by atoms with Crippen molar-refractivity contribution in [3.63, 3.8) is 0 Å². The number of amides is 1. The van der Waals surface area contributed by atoms with Gasteiger partial charge < -0.3 is 25.3 Å². The molecular weight excluding hydrogens is 506 g/mol. The third-order valence-corrected chi connectivity index (χ3v) is 6.93. The van der Waals surface area contributed by atoms with Gasteiger partial charge in [-0.2, -0.15) is 0 Å². The summed E-state index contributed by atoms with van der Waals surface area (Å²) in [7, 11) is -2.59. The summed E-state index contributed by atoms with van der Waals surface area (Å²) in [6.07, 6.45) is -5.14. The first kappa shape index (κ1) is 26.9. The topological polar surface area (TPSA) is 104 Å². The third kappa shape index (κ3) is 7.63. The Hall–Kier alpha value is -2.72. The van der Waals surface area contributed by atoms with Crippen molar-refractivity contribution in [1.29, 1.82) is 0 Å². The summed E-state index contributed by atoms with van der Waals surface area (Å²) < 4.78 is 55.6. The number of carbonyl (C=O) groups is 1. The SMILES string of the molecule is C=CC(=O)Nc1ccc(OC(F)(F)F)c(NC2NCC(Cl)C(Nc3ccccc3P(C)(C)=O)N2)c1. The maximum absolute atomic E-state index is 12.9. The van der Waals surface area contributed by atoms with Crippen LogP contribution in [0.5, 0.6) is 5.75 Å². The van der Waals surface area contributed by atoms with Crippen LogP contribution in [0.15, 0.2) is 55.1 Å². The Morgan fingerprint density at radius 2 is 1.91 bits per heavy atom. The molecule has 35 heavy (non-hydrogen) atoms. The molecule has 2 aromatic carbocycles. The largest absolute Gasteiger partial charge is 0.573 e. The fraction of sp³-hybridized carbons (Fsp3) is 0.318. The number of rotatable bonds is 8. The molecule has 0 aromatic heterocycles. The van der Waals surface area contributed by atoms with Crippen LogP contribution < -0.4 is 36.6 Å². The van der Waals surface area contributed by atoms with Gasteiger partial charge in [-0.1, -0.05) is 18.7 Å². The Kier molecular flexibility index (Phi) is 8.38. The van der Waals surface area contributed by atoms with Crippen LogP contribution in [0.1, 0.15) is 0 Å². The second-order valence-corrected chi connectivity index (χ2v) is 11.9. The van der Waals surface area contributed by atoms with E-state index >= 15 is 0 Å². The number of hydrogen-bond donors (Lipinski definition) is 5. The fourth-order valence-electron chi connectivity index (χ4n) is 3.43. The zero-order chi connectivity index (χ0) is 25.8. The number of hydrogen-bond acceptors (Lipinski definition) is 7. The van der Waals surface area contributed by atoms with E-state index in [0.29, 0.717) is 17.5 Å². The second-order valence-electron chi connectivity index (χ2n) is 8.11. The van der Waals surface area contributed by atoms with Crippen molar-refractivity contribution in [2.45, 2.75) is 24.2 Å². The molecule has 3 rings (SSSR count). The van der Waals surface area contributed by atoms with Crippen LogP contribution in [0.3, 0.4) is 0 Å². The van der Waals surface area contributed by atoms with Gasteiger partial charge >= 0.3 is 6.36 Å². The zero-order valence-electron chi connectivity index (χ0n) is 18.9. The van der Waals surface area contributed by atoms with Gasteiger partial charge in [0.15, 0.2) is 5.75 Å². The lowest BCUT2D eigenvalue weighted by molar-refractivity contribution is -0.274. The highest BCUT2D eigenvalue weighted by atomic mass is 35.5. The maximum Gasteiger partial charge on any atom is 0.573 e. The van der Waals surface area contributed by atoms with Gasteiger partial charge in [0, 0.05) is 23.2 Å². The van der Waals surface area contributed by atoms with Crippen LogP contribution in [0.25, 0.3) is 0 Å². The molecule has 0 aliphatic carbocycles. The first-order valence-electron chi connectivity index (χ1n) is 10.5.